The number of pyridine rings is 1. The van der Waals surface area contributed by atoms with Crippen LogP contribution in [0.15, 0.2) is 29.7 Å². The largest absolute Gasteiger partial charge is 0.471 e. The van der Waals surface area contributed by atoms with Gasteiger partial charge in [0, 0.05) is 34.7 Å². The number of hydrogen-bond donors (Lipinski definition) is 0. The quantitative estimate of drug-likeness (QED) is 0.156. The molecule has 5 heterocycles. The average molecular weight is 570 g/mol. The van der Waals surface area contributed by atoms with E-state index in [0.29, 0.717) is 39.9 Å². The number of aromatic nitrogens is 5. The molecular weight excluding hydrogens is 540 g/mol. The fraction of sp³-hybridized carbons (Fsp3) is 0.429. The van der Waals surface area contributed by atoms with Crippen LogP contribution >= 0.6 is 23.1 Å². The number of thiophene rings is 1. The Morgan fingerprint density at radius 1 is 1.21 bits per heavy atom. The molecule has 0 bridgehead atoms. The molecule has 1 atom stereocenters. The Morgan fingerprint density at radius 3 is 2.72 bits per heavy atom. The van der Waals surface area contributed by atoms with Crippen molar-refractivity contribution in [3.8, 4) is 17.1 Å². The molecule has 0 aliphatic carbocycles. The van der Waals surface area contributed by atoms with Gasteiger partial charge in [0.15, 0.2) is 11.4 Å². The molecule has 0 N–H and O–H groups in total. The third-order valence-electron chi connectivity index (χ3n) is 6.81. The first-order valence-electron chi connectivity index (χ1n) is 12.9. The minimum atomic E-state index is -2.69. The SMILES string of the molecule is CSc1nc(OC(C)(C)C)c2c(n1)sc1c(-c3c(C(F)F)c(C)cc4c3cnn4C3CCCCO3)nccc12. The first-order chi connectivity index (χ1) is 18.7. The molecule has 11 heteroatoms. The van der Waals surface area contributed by atoms with Crippen molar-refractivity contribution >= 4 is 54.3 Å². The van der Waals surface area contributed by atoms with E-state index in [4.69, 9.17) is 14.5 Å². The van der Waals surface area contributed by atoms with Gasteiger partial charge in [0.25, 0.3) is 6.43 Å². The summed E-state index contributed by atoms with van der Waals surface area (Å²) >= 11 is 2.85. The van der Waals surface area contributed by atoms with E-state index >= 15 is 0 Å². The Bertz CT molecular complexity index is 1700. The van der Waals surface area contributed by atoms with Crippen molar-refractivity contribution < 1.29 is 18.3 Å². The number of rotatable bonds is 5. The lowest BCUT2D eigenvalue weighted by molar-refractivity contribution is -0.0366. The van der Waals surface area contributed by atoms with E-state index in [9.17, 15) is 8.78 Å². The van der Waals surface area contributed by atoms with Crippen molar-refractivity contribution in [3.63, 3.8) is 0 Å². The van der Waals surface area contributed by atoms with Gasteiger partial charge in [-0.3, -0.25) is 4.98 Å². The van der Waals surface area contributed by atoms with Crippen LogP contribution in [0.5, 0.6) is 5.88 Å². The zero-order chi connectivity index (χ0) is 27.5. The molecule has 1 aromatic carbocycles. The van der Waals surface area contributed by atoms with Crippen molar-refractivity contribution in [2.45, 2.75) is 70.4 Å². The predicted octanol–water partition coefficient (Wildman–Crippen LogP) is 8.10. The normalized spacial score (nSPS) is 16.7. The summed E-state index contributed by atoms with van der Waals surface area (Å²) < 4.78 is 44.2. The Morgan fingerprint density at radius 2 is 2.03 bits per heavy atom. The Hall–Kier alpha value is -2.89. The Balaban J connectivity index is 1.66. The van der Waals surface area contributed by atoms with Gasteiger partial charge >= 0.3 is 0 Å². The van der Waals surface area contributed by atoms with Crippen LogP contribution in [-0.4, -0.2) is 43.2 Å². The zero-order valence-corrected chi connectivity index (χ0v) is 24.1. The van der Waals surface area contributed by atoms with Crippen LogP contribution in [0.1, 0.15) is 63.8 Å². The maximum atomic E-state index is 14.7. The second kappa shape index (κ2) is 9.94. The van der Waals surface area contributed by atoms with Gasteiger partial charge in [0.2, 0.25) is 5.88 Å². The van der Waals surface area contributed by atoms with Gasteiger partial charge in [0.05, 0.1) is 27.5 Å². The van der Waals surface area contributed by atoms with Crippen LogP contribution in [0, 0.1) is 6.92 Å². The van der Waals surface area contributed by atoms with Gasteiger partial charge in [-0.2, -0.15) is 10.1 Å². The van der Waals surface area contributed by atoms with Gasteiger partial charge in [-0.25, -0.2) is 18.4 Å². The number of benzene rings is 1. The summed E-state index contributed by atoms with van der Waals surface area (Å²) in [4.78, 5) is 14.8. The third kappa shape index (κ3) is 4.64. The molecule has 0 spiro atoms. The molecule has 0 radical (unpaired) electrons. The highest BCUT2D eigenvalue weighted by atomic mass is 32.2. The van der Waals surface area contributed by atoms with Gasteiger partial charge < -0.3 is 9.47 Å². The summed E-state index contributed by atoms with van der Waals surface area (Å²) in [6.45, 7) is 8.28. The van der Waals surface area contributed by atoms with Gasteiger partial charge in [-0.15, -0.1) is 11.3 Å². The molecule has 1 saturated heterocycles. The van der Waals surface area contributed by atoms with Crippen LogP contribution < -0.4 is 4.74 Å². The molecule has 39 heavy (non-hydrogen) atoms. The monoisotopic (exact) mass is 569 g/mol. The maximum absolute atomic E-state index is 14.7. The van der Waals surface area contributed by atoms with Gasteiger partial charge in [-0.05, 0) is 70.9 Å². The first kappa shape index (κ1) is 26.3. The van der Waals surface area contributed by atoms with E-state index in [1.54, 1.807) is 25.4 Å². The number of fused-ring (bicyclic) bond motifs is 4. The zero-order valence-electron chi connectivity index (χ0n) is 22.4. The minimum absolute atomic E-state index is 0.0360. The summed E-state index contributed by atoms with van der Waals surface area (Å²) in [6.07, 6.45) is 5.21. The lowest BCUT2D eigenvalue weighted by Gasteiger charge is -2.24. The summed E-state index contributed by atoms with van der Waals surface area (Å²) in [6, 6.07) is 3.67. The smallest absolute Gasteiger partial charge is 0.264 e. The molecule has 1 aliphatic heterocycles. The number of alkyl halides is 2. The van der Waals surface area contributed by atoms with Crippen LogP contribution in [0.2, 0.25) is 0 Å². The fourth-order valence-electron chi connectivity index (χ4n) is 5.20. The van der Waals surface area contributed by atoms with Gasteiger partial charge in [-0.1, -0.05) is 11.8 Å². The van der Waals surface area contributed by atoms with E-state index in [2.05, 4.69) is 15.1 Å². The molecule has 6 rings (SSSR count). The summed E-state index contributed by atoms with van der Waals surface area (Å²) in [5.41, 5.74) is 1.62. The molecule has 1 fully saturated rings. The van der Waals surface area contributed by atoms with E-state index in [-0.39, 0.29) is 11.8 Å². The second-order valence-electron chi connectivity index (χ2n) is 10.7. The van der Waals surface area contributed by atoms with Crippen molar-refractivity contribution in [2.75, 3.05) is 12.9 Å². The highest BCUT2D eigenvalue weighted by Crippen LogP contribution is 2.47. The van der Waals surface area contributed by atoms with E-state index in [0.717, 1.165) is 45.1 Å². The highest BCUT2D eigenvalue weighted by Gasteiger charge is 2.28. The topological polar surface area (TPSA) is 75.0 Å². The third-order valence-corrected chi connectivity index (χ3v) is 8.47. The molecule has 204 valence electrons. The minimum Gasteiger partial charge on any atom is -0.471 e. The average Bonchev–Trinajstić information content (AvgIpc) is 3.48. The molecule has 5 aromatic rings. The van der Waals surface area contributed by atoms with Crippen LogP contribution in [-0.2, 0) is 4.74 Å². The second-order valence-corrected chi connectivity index (χ2v) is 12.4. The summed E-state index contributed by atoms with van der Waals surface area (Å²) in [7, 11) is 0. The first-order valence-corrected chi connectivity index (χ1v) is 14.9. The van der Waals surface area contributed by atoms with Crippen LogP contribution in [0.25, 0.3) is 42.5 Å². The molecular formula is C28H29F2N5O2S2. The number of hydrogen-bond acceptors (Lipinski definition) is 8. The van der Waals surface area contributed by atoms with E-state index in [1.807, 2.05) is 37.8 Å². The number of aryl methyl sites for hydroxylation is 1. The van der Waals surface area contributed by atoms with Crippen LogP contribution in [0.4, 0.5) is 8.78 Å². The predicted molar refractivity (Wildman–Crippen MR) is 152 cm³/mol. The van der Waals surface area contributed by atoms with Crippen molar-refractivity contribution in [1.82, 2.24) is 24.7 Å². The molecule has 7 nitrogen and oxygen atoms in total. The Labute approximate surface area is 232 Å². The molecule has 0 saturated carbocycles. The maximum Gasteiger partial charge on any atom is 0.264 e. The standard InChI is InChI=1S/C28H29F2N5O2S2/c1-14-12-17-16(13-32-35(17)18-8-6-7-11-36-18)20(19(14)24(29)30)22-23-15(9-10-31-22)21-25(37-28(2,3)4)33-27(38-5)34-26(21)39-23/h9-10,12-13,18,24H,6-8,11H2,1-5H3. The summed E-state index contributed by atoms with van der Waals surface area (Å²) in [5, 5.41) is 7.43. The van der Waals surface area contributed by atoms with Crippen molar-refractivity contribution in [1.29, 1.82) is 0 Å². The van der Waals surface area contributed by atoms with Crippen molar-refractivity contribution in [3.05, 3.63) is 35.7 Å². The van der Waals surface area contributed by atoms with Crippen LogP contribution in [0.3, 0.4) is 0 Å². The highest BCUT2D eigenvalue weighted by molar-refractivity contribution is 7.98. The lowest BCUT2D eigenvalue weighted by atomic mass is 9.95. The Kier molecular flexibility index (Phi) is 6.71. The lowest BCUT2D eigenvalue weighted by Crippen LogP contribution is -2.23. The van der Waals surface area contributed by atoms with Gasteiger partial charge in [0.1, 0.15) is 10.4 Å². The number of ether oxygens (including phenoxy) is 2. The number of halogens is 2. The van der Waals surface area contributed by atoms with Crippen molar-refractivity contribution in [2.24, 2.45) is 0 Å². The fourth-order valence-corrected chi connectivity index (χ4v) is 6.77. The summed E-state index contributed by atoms with van der Waals surface area (Å²) in [5.74, 6) is 0.478. The van der Waals surface area contributed by atoms with E-state index < -0.39 is 12.0 Å². The molecule has 1 aliphatic rings. The molecule has 4 aromatic heterocycles. The molecule has 1 unspecified atom stereocenters. The van der Waals surface area contributed by atoms with E-state index in [1.165, 1.54) is 23.1 Å². The number of thioether (sulfide) groups is 1. The molecule has 0 amide bonds. The number of nitrogens with zero attached hydrogens (tertiary/aromatic N) is 5.